The minimum atomic E-state index is 0.519. The molecule has 0 aromatic rings. The molecule has 0 amide bonds. The molecule has 0 nitrogen and oxygen atoms in total. The molecule has 0 radical (unpaired) electrons. The van der Waals surface area contributed by atoms with E-state index in [1.54, 1.807) is 31.2 Å². The second-order valence-corrected chi connectivity index (χ2v) is 7.83. The molecule has 2 aliphatic carbocycles. The summed E-state index contributed by atoms with van der Waals surface area (Å²) in [6.45, 7) is 18.6. The third-order valence-corrected chi connectivity index (χ3v) is 8.10. The molecule has 0 fully saturated rings. The maximum atomic E-state index is 2.38. The van der Waals surface area contributed by atoms with Crippen molar-refractivity contribution in [1.29, 1.82) is 0 Å². The van der Waals surface area contributed by atoms with Gasteiger partial charge in [0.1, 0.15) is 0 Å². The van der Waals surface area contributed by atoms with Crippen molar-refractivity contribution < 1.29 is 15.2 Å². The molecule has 19 heavy (non-hydrogen) atoms. The first-order chi connectivity index (χ1) is 8.77. The molecule has 0 heterocycles. The Morgan fingerprint density at radius 2 is 0.895 bits per heavy atom. The van der Waals surface area contributed by atoms with Crippen LogP contribution in [0.3, 0.4) is 0 Å². The third-order valence-electron chi connectivity index (χ3n) is 5.35. The molecule has 2 rings (SSSR count). The van der Waals surface area contributed by atoms with Crippen LogP contribution in [0.15, 0.2) is 42.3 Å². The van der Waals surface area contributed by atoms with Crippen molar-refractivity contribution in [3.63, 3.8) is 0 Å². The van der Waals surface area contributed by atoms with E-state index in [9.17, 15) is 0 Å². The average molecular weight is 294 g/mol. The van der Waals surface area contributed by atoms with Crippen molar-refractivity contribution in [3.8, 4) is 0 Å². The van der Waals surface area contributed by atoms with Crippen molar-refractivity contribution in [2.45, 2.75) is 55.4 Å². The zero-order chi connectivity index (χ0) is 14.5. The van der Waals surface area contributed by atoms with Crippen LogP contribution in [0.1, 0.15) is 55.4 Å². The van der Waals surface area contributed by atoms with Crippen LogP contribution in [0.2, 0.25) is 0 Å². The monoisotopic (exact) mass is 294 g/mol. The number of rotatable bonds is 2. The summed E-state index contributed by atoms with van der Waals surface area (Å²) in [5.74, 6) is 1.32. The fourth-order valence-electron chi connectivity index (χ4n) is 3.10. The molecule has 2 atom stereocenters. The van der Waals surface area contributed by atoms with E-state index in [0.29, 0.717) is 27.1 Å². The van der Waals surface area contributed by atoms with Crippen molar-refractivity contribution in [1.82, 2.24) is 0 Å². The third kappa shape index (κ3) is 2.22. The molecule has 0 N–H and O–H groups in total. The van der Waals surface area contributed by atoms with E-state index in [1.807, 2.05) is 0 Å². The molecule has 2 aliphatic rings. The van der Waals surface area contributed by atoms with Gasteiger partial charge in [0.15, 0.2) is 0 Å². The average Bonchev–Trinajstić information content (AvgIpc) is 2.68. The van der Waals surface area contributed by atoms with E-state index in [1.165, 1.54) is 11.1 Å². The van der Waals surface area contributed by atoms with Gasteiger partial charge >= 0.3 is 125 Å². The van der Waals surface area contributed by atoms with Gasteiger partial charge in [-0.3, -0.25) is 0 Å². The van der Waals surface area contributed by atoms with Crippen LogP contribution in [-0.2, 0) is 15.2 Å². The number of hydrogen-bond acceptors (Lipinski definition) is 0. The summed E-state index contributed by atoms with van der Waals surface area (Å²) >= 11 is 0.519. The topological polar surface area (TPSA) is 0 Å². The number of hydrogen-bond donors (Lipinski definition) is 0. The van der Waals surface area contributed by atoms with Gasteiger partial charge in [-0.15, -0.1) is 0 Å². The standard InChI is InChI=1S/2C9H13.Cr/c2*1-6-5-7(2)9(4)8(6)3;/h2*6H,1-4H3;. The Morgan fingerprint density at radius 3 is 1.11 bits per heavy atom. The summed E-state index contributed by atoms with van der Waals surface area (Å²) in [7, 11) is 0. The first-order valence-electron chi connectivity index (χ1n) is 7.22. The Labute approximate surface area is 125 Å². The molecular weight excluding hydrogens is 268 g/mol. The van der Waals surface area contributed by atoms with Gasteiger partial charge in [-0.1, -0.05) is 0 Å². The molecular formula is C18H26Cr. The number of allylic oxidation sites excluding steroid dienone is 8. The molecule has 0 saturated carbocycles. The Morgan fingerprint density at radius 1 is 0.579 bits per heavy atom. The fraction of sp³-hybridized carbons (Fsp3) is 0.556. The van der Waals surface area contributed by atoms with Gasteiger partial charge in [0, 0.05) is 0 Å². The van der Waals surface area contributed by atoms with E-state index in [-0.39, 0.29) is 0 Å². The van der Waals surface area contributed by atoms with Crippen molar-refractivity contribution in [2.24, 2.45) is 11.8 Å². The molecule has 0 aliphatic heterocycles. The van der Waals surface area contributed by atoms with Crippen LogP contribution in [-0.4, -0.2) is 0 Å². The van der Waals surface area contributed by atoms with Crippen LogP contribution < -0.4 is 0 Å². The van der Waals surface area contributed by atoms with Crippen molar-refractivity contribution in [2.75, 3.05) is 0 Å². The van der Waals surface area contributed by atoms with Gasteiger partial charge in [0.05, 0.1) is 0 Å². The molecule has 104 valence electrons. The van der Waals surface area contributed by atoms with Crippen LogP contribution in [0.25, 0.3) is 0 Å². The van der Waals surface area contributed by atoms with Crippen LogP contribution in [0.4, 0.5) is 0 Å². The van der Waals surface area contributed by atoms with Gasteiger partial charge in [-0.25, -0.2) is 0 Å². The molecule has 0 aromatic heterocycles. The summed E-state index contributed by atoms with van der Waals surface area (Å²) in [5.41, 5.74) is 9.38. The Hall–Kier alpha value is -0.508. The Bertz CT molecular complexity index is 502. The molecule has 0 saturated heterocycles. The van der Waals surface area contributed by atoms with Gasteiger partial charge in [0.25, 0.3) is 0 Å². The molecule has 1 heteroatoms. The molecule has 2 unspecified atom stereocenters. The zero-order valence-electron chi connectivity index (χ0n) is 13.6. The summed E-state index contributed by atoms with van der Waals surface area (Å²) in [6.07, 6.45) is 0. The Balaban J connectivity index is 2.32. The molecule has 0 aromatic carbocycles. The summed E-state index contributed by atoms with van der Waals surface area (Å²) in [6, 6.07) is 0. The van der Waals surface area contributed by atoms with Crippen molar-refractivity contribution >= 4 is 0 Å². The van der Waals surface area contributed by atoms with Crippen LogP contribution in [0, 0.1) is 11.8 Å². The predicted octanol–water partition coefficient (Wildman–Crippen LogP) is 5.59. The molecule has 0 bridgehead atoms. The van der Waals surface area contributed by atoms with Gasteiger partial charge in [-0.05, 0) is 0 Å². The summed E-state index contributed by atoms with van der Waals surface area (Å²) in [5, 5.41) is 0. The predicted molar refractivity (Wildman–Crippen MR) is 80.5 cm³/mol. The zero-order valence-corrected chi connectivity index (χ0v) is 14.8. The fourth-order valence-corrected chi connectivity index (χ4v) is 5.53. The second kappa shape index (κ2) is 5.12. The van der Waals surface area contributed by atoms with E-state index in [2.05, 4.69) is 55.4 Å². The van der Waals surface area contributed by atoms with Crippen molar-refractivity contribution in [3.05, 3.63) is 42.3 Å². The first-order valence-corrected chi connectivity index (χ1v) is 8.49. The van der Waals surface area contributed by atoms with Gasteiger partial charge < -0.3 is 0 Å². The van der Waals surface area contributed by atoms with E-state index in [0.717, 1.165) is 0 Å². The van der Waals surface area contributed by atoms with E-state index < -0.39 is 0 Å². The van der Waals surface area contributed by atoms with Crippen LogP contribution in [0.5, 0.6) is 0 Å². The quantitative estimate of drug-likeness (QED) is 0.623. The van der Waals surface area contributed by atoms with Gasteiger partial charge in [-0.2, -0.15) is 0 Å². The second-order valence-electron chi connectivity index (χ2n) is 6.14. The summed E-state index contributed by atoms with van der Waals surface area (Å²) < 4.78 is 3.43. The first kappa shape index (κ1) is 14.9. The minimum absolute atomic E-state index is 0.519. The van der Waals surface area contributed by atoms with E-state index in [4.69, 9.17) is 0 Å². The van der Waals surface area contributed by atoms with Crippen LogP contribution >= 0.6 is 0 Å². The maximum absolute atomic E-state index is 2.38. The van der Waals surface area contributed by atoms with E-state index >= 15 is 0 Å². The Kier molecular flexibility index (Phi) is 4.01. The van der Waals surface area contributed by atoms with Gasteiger partial charge in [0.2, 0.25) is 0 Å². The summed E-state index contributed by atoms with van der Waals surface area (Å²) in [4.78, 5) is 0. The SMILES string of the molecule is CC1=C(C)C(C)[C]([Cr][C]2=C(C)C(C)=C(C)C2C)=C1C. The normalized spacial score (nSPS) is 28.4. The molecule has 0 spiro atoms.